The smallest absolute Gasteiger partial charge is 0.273 e. The van der Waals surface area contributed by atoms with Gasteiger partial charge in [-0.2, -0.15) is 5.10 Å². The van der Waals surface area contributed by atoms with E-state index in [1.165, 1.54) is 56.6 Å². The van der Waals surface area contributed by atoms with E-state index in [-0.39, 0.29) is 16.3 Å². The predicted octanol–water partition coefficient (Wildman–Crippen LogP) is 5.49. The van der Waals surface area contributed by atoms with E-state index < -0.39 is 27.4 Å². The maximum atomic E-state index is 13.6. The molecule has 0 unspecified atom stereocenters. The van der Waals surface area contributed by atoms with E-state index in [4.69, 9.17) is 21.1 Å². The van der Waals surface area contributed by atoms with Crippen molar-refractivity contribution in [3.8, 4) is 11.5 Å². The molecule has 0 spiro atoms. The van der Waals surface area contributed by atoms with Gasteiger partial charge in [0, 0.05) is 22.2 Å². The number of nitro groups is 1. The molecule has 0 saturated carbocycles. The van der Waals surface area contributed by atoms with E-state index in [1.54, 1.807) is 30.3 Å². The number of nitrogens with zero attached hydrogens (tertiary/aromatic N) is 3. The van der Waals surface area contributed by atoms with Gasteiger partial charge in [-0.1, -0.05) is 35.9 Å². The second-order valence-corrected chi connectivity index (χ2v) is 11.4. The SMILES string of the molecule is COc1ccc(N(CC(=O)N/N=C\c2ccc(OCc3ccccc3Cl)cc2)S(=O)(=O)c2ccc(C)c([N+](=O)[O-])c2)cc1. The fourth-order valence-electron chi connectivity index (χ4n) is 3.91. The van der Waals surface area contributed by atoms with Crippen molar-refractivity contribution in [1.29, 1.82) is 0 Å². The van der Waals surface area contributed by atoms with Crippen LogP contribution in [-0.2, 0) is 21.4 Å². The largest absolute Gasteiger partial charge is 0.497 e. The predicted molar refractivity (Wildman–Crippen MR) is 163 cm³/mol. The summed E-state index contributed by atoms with van der Waals surface area (Å²) >= 11 is 6.16. The van der Waals surface area contributed by atoms with Gasteiger partial charge in [-0.25, -0.2) is 13.8 Å². The van der Waals surface area contributed by atoms with Crippen LogP contribution in [0.3, 0.4) is 0 Å². The molecule has 0 aromatic heterocycles. The Morgan fingerprint density at radius 2 is 1.70 bits per heavy atom. The third kappa shape index (κ3) is 7.87. The molecule has 1 amide bonds. The van der Waals surface area contributed by atoms with Gasteiger partial charge in [-0.15, -0.1) is 0 Å². The number of carbonyl (C=O) groups excluding carboxylic acids is 1. The zero-order valence-electron chi connectivity index (χ0n) is 23.1. The number of anilines is 1. The second kappa shape index (κ2) is 13.8. The van der Waals surface area contributed by atoms with Gasteiger partial charge in [-0.3, -0.25) is 19.2 Å². The molecular weight excluding hydrogens is 596 g/mol. The van der Waals surface area contributed by atoms with Crippen molar-refractivity contribution in [3.63, 3.8) is 0 Å². The van der Waals surface area contributed by atoms with Crippen LogP contribution in [0.25, 0.3) is 0 Å². The molecule has 0 radical (unpaired) electrons. The van der Waals surface area contributed by atoms with Crippen molar-refractivity contribution < 1.29 is 27.6 Å². The lowest BCUT2D eigenvalue weighted by molar-refractivity contribution is -0.385. The fourth-order valence-corrected chi connectivity index (χ4v) is 5.54. The highest BCUT2D eigenvalue weighted by molar-refractivity contribution is 7.92. The first-order valence-corrected chi connectivity index (χ1v) is 14.6. The van der Waals surface area contributed by atoms with Crippen LogP contribution in [0.4, 0.5) is 11.4 Å². The molecule has 4 aromatic carbocycles. The van der Waals surface area contributed by atoms with Crippen LogP contribution in [0.15, 0.2) is 101 Å². The van der Waals surface area contributed by atoms with Crippen molar-refractivity contribution >= 4 is 45.1 Å². The normalized spacial score (nSPS) is 11.2. The van der Waals surface area contributed by atoms with Crippen molar-refractivity contribution in [2.75, 3.05) is 18.0 Å². The average molecular weight is 623 g/mol. The van der Waals surface area contributed by atoms with Crippen LogP contribution in [0.5, 0.6) is 11.5 Å². The molecule has 4 rings (SSSR count). The van der Waals surface area contributed by atoms with Crippen molar-refractivity contribution in [2.45, 2.75) is 18.4 Å². The summed E-state index contributed by atoms with van der Waals surface area (Å²) in [6.07, 6.45) is 1.39. The quantitative estimate of drug-likeness (QED) is 0.125. The Balaban J connectivity index is 1.47. The van der Waals surface area contributed by atoms with Gasteiger partial charge in [0.1, 0.15) is 24.7 Å². The van der Waals surface area contributed by atoms with E-state index in [1.807, 2.05) is 18.2 Å². The Morgan fingerprint density at radius 3 is 2.35 bits per heavy atom. The maximum absolute atomic E-state index is 13.6. The lowest BCUT2D eigenvalue weighted by atomic mass is 10.2. The number of benzene rings is 4. The minimum atomic E-state index is -4.40. The Morgan fingerprint density at radius 1 is 1.02 bits per heavy atom. The summed E-state index contributed by atoms with van der Waals surface area (Å²) in [7, 11) is -2.94. The molecule has 0 heterocycles. The standard InChI is InChI=1S/C30H27ClN4O7S/c1-21-7-16-27(17-29(21)35(37)38)43(39,40)34(24-10-14-25(41-2)15-11-24)19-30(36)33-32-18-22-8-12-26(13-9-22)42-20-23-5-3-4-6-28(23)31/h3-18H,19-20H2,1-2H3,(H,33,36)/b32-18-. The first kappa shape index (κ1) is 31.0. The number of nitro benzene ring substituents is 1. The number of rotatable bonds is 12. The number of amides is 1. The summed E-state index contributed by atoms with van der Waals surface area (Å²) in [5, 5.41) is 16.0. The molecule has 0 aliphatic carbocycles. The van der Waals surface area contributed by atoms with Gasteiger partial charge < -0.3 is 9.47 Å². The molecule has 1 N–H and O–H groups in total. The molecule has 4 aromatic rings. The molecule has 11 nitrogen and oxygen atoms in total. The molecular formula is C30H27ClN4O7S. The molecule has 0 aliphatic heterocycles. The topological polar surface area (TPSA) is 140 Å². The number of nitrogens with one attached hydrogen (secondary N) is 1. The summed E-state index contributed by atoms with van der Waals surface area (Å²) in [6, 6.07) is 23.9. The molecule has 13 heteroatoms. The first-order valence-electron chi connectivity index (χ1n) is 12.8. The number of hydrogen-bond donors (Lipinski definition) is 1. The van der Waals surface area contributed by atoms with Gasteiger partial charge in [0.25, 0.3) is 21.6 Å². The average Bonchev–Trinajstić information content (AvgIpc) is 3.00. The van der Waals surface area contributed by atoms with Crippen molar-refractivity contribution in [1.82, 2.24) is 5.43 Å². The third-order valence-corrected chi connectivity index (χ3v) is 8.39. The molecule has 0 bridgehead atoms. The number of hydrogen-bond acceptors (Lipinski definition) is 8. The van der Waals surface area contributed by atoms with Gasteiger partial charge in [0.15, 0.2) is 0 Å². The van der Waals surface area contributed by atoms with E-state index in [0.29, 0.717) is 34.3 Å². The Labute approximate surface area is 253 Å². The third-order valence-electron chi connectivity index (χ3n) is 6.25. The zero-order valence-corrected chi connectivity index (χ0v) is 24.7. The number of ether oxygens (including phenoxy) is 2. The summed E-state index contributed by atoms with van der Waals surface area (Å²) in [6.45, 7) is 1.15. The molecule has 0 aliphatic rings. The molecule has 222 valence electrons. The van der Waals surface area contributed by atoms with E-state index in [2.05, 4.69) is 10.5 Å². The number of carbonyl (C=O) groups is 1. The highest BCUT2D eigenvalue weighted by atomic mass is 35.5. The minimum Gasteiger partial charge on any atom is -0.497 e. The van der Waals surface area contributed by atoms with Crippen LogP contribution in [0.2, 0.25) is 5.02 Å². The Hall–Kier alpha value is -4.94. The zero-order chi connectivity index (χ0) is 31.0. The van der Waals surface area contributed by atoms with Crippen LogP contribution in [-0.4, -0.2) is 39.1 Å². The number of halogens is 1. The highest BCUT2D eigenvalue weighted by Crippen LogP contribution is 2.29. The summed E-state index contributed by atoms with van der Waals surface area (Å²) in [5.41, 5.74) is 3.92. The van der Waals surface area contributed by atoms with Crippen LogP contribution in [0, 0.1) is 17.0 Å². The number of hydrazone groups is 1. The number of methoxy groups -OCH3 is 1. The summed E-state index contributed by atoms with van der Waals surface area (Å²) < 4.78 is 39.0. The lowest BCUT2D eigenvalue weighted by Crippen LogP contribution is -2.39. The highest BCUT2D eigenvalue weighted by Gasteiger charge is 2.29. The summed E-state index contributed by atoms with van der Waals surface area (Å²) in [5.74, 6) is 0.344. The fraction of sp³-hybridized carbons (Fsp3) is 0.133. The van der Waals surface area contributed by atoms with Crippen molar-refractivity contribution in [2.24, 2.45) is 5.10 Å². The maximum Gasteiger partial charge on any atom is 0.273 e. The van der Waals surface area contributed by atoms with Crippen molar-refractivity contribution in [3.05, 3.63) is 123 Å². The molecule has 0 atom stereocenters. The van der Waals surface area contributed by atoms with E-state index in [0.717, 1.165) is 15.9 Å². The van der Waals surface area contributed by atoms with Crippen LogP contribution < -0.4 is 19.2 Å². The van der Waals surface area contributed by atoms with Crippen LogP contribution in [0.1, 0.15) is 16.7 Å². The monoisotopic (exact) mass is 622 g/mol. The van der Waals surface area contributed by atoms with Gasteiger partial charge in [0.05, 0.1) is 28.8 Å². The first-order chi connectivity index (χ1) is 20.6. The van der Waals surface area contributed by atoms with Gasteiger partial charge >= 0.3 is 0 Å². The molecule has 43 heavy (non-hydrogen) atoms. The molecule has 0 saturated heterocycles. The Kier molecular flexibility index (Phi) is 9.96. The van der Waals surface area contributed by atoms with E-state index in [9.17, 15) is 23.3 Å². The second-order valence-electron chi connectivity index (χ2n) is 9.16. The Bertz CT molecular complexity index is 1750. The summed E-state index contributed by atoms with van der Waals surface area (Å²) in [4.78, 5) is 23.3. The lowest BCUT2D eigenvalue weighted by Gasteiger charge is -2.24. The molecule has 0 fully saturated rings. The van der Waals surface area contributed by atoms with Gasteiger partial charge in [0.2, 0.25) is 0 Å². The van der Waals surface area contributed by atoms with E-state index >= 15 is 0 Å². The van der Waals surface area contributed by atoms with Crippen LogP contribution >= 0.6 is 11.6 Å². The number of aryl methyl sites for hydroxylation is 1. The minimum absolute atomic E-state index is 0.149. The van der Waals surface area contributed by atoms with Gasteiger partial charge in [-0.05, 0) is 73.2 Å². The number of sulfonamides is 1.